The van der Waals surface area contributed by atoms with Gasteiger partial charge >= 0.3 is 0 Å². The molecule has 0 aliphatic heterocycles. The lowest BCUT2D eigenvalue weighted by Crippen LogP contribution is -1.92. The van der Waals surface area contributed by atoms with Gasteiger partial charge < -0.3 is 0 Å². The average molecular weight is 188 g/mol. The smallest absolute Gasteiger partial charge is 0.152 e. The summed E-state index contributed by atoms with van der Waals surface area (Å²) in [5.74, 6) is 0.102. The zero-order chi connectivity index (χ0) is 10.7. The summed E-state index contributed by atoms with van der Waals surface area (Å²) in [4.78, 5) is 11.0. The lowest BCUT2D eigenvalue weighted by Gasteiger charge is -2.09. The third-order valence-electron chi connectivity index (χ3n) is 2.30. The Morgan fingerprint density at radius 3 is 2.07 bits per heavy atom. The van der Waals surface area contributed by atoms with Crippen LogP contribution in [0.15, 0.2) is 24.3 Å². The van der Waals surface area contributed by atoms with Crippen LogP contribution in [0.1, 0.15) is 30.5 Å². The van der Waals surface area contributed by atoms with Gasteiger partial charge in [0.05, 0.1) is 0 Å². The molecular weight excluding hydrogens is 172 g/mol. The van der Waals surface area contributed by atoms with E-state index in [1.54, 1.807) is 13.0 Å². The molecule has 0 aliphatic rings. The summed E-state index contributed by atoms with van der Waals surface area (Å²) in [7, 11) is 0. The molecule has 1 heteroatoms. The van der Waals surface area contributed by atoms with E-state index in [0.717, 1.165) is 5.57 Å². The minimum atomic E-state index is 0.102. The number of hydrogen-bond acceptors (Lipinski definition) is 1. The van der Waals surface area contributed by atoms with Crippen molar-refractivity contribution in [2.45, 2.75) is 27.7 Å². The predicted octanol–water partition coefficient (Wildman–Crippen LogP) is 3.30. The second-order valence-corrected chi connectivity index (χ2v) is 3.70. The molecule has 0 spiro atoms. The minimum absolute atomic E-state index is 0.102. The number of aryl methyl sites for hydroxylation is 2. The second kappa shape index (κ2) is 4.23. The number of benzene rings is 1. The van der Waals surface area contributed by atoms with Crippen LogP contribution in [-0.4, -0.2) is 5.78 Å². The summed E-state index contributed by atoms with van der Waals surface area (Å²) < 4.78 is 0. The van der Waals surface area contributed by atoms with Gasteiger partial charge in [-0.05, 0) is 56.0 Å². The van der Waals surface area contributed by atoms with Crippen molar-refractivity contribution < 1.29 is 4.79 Å². The molecule has 1 aromatic rings. The highest BCUT2D eigenvalue weighted by Crippen LogP contribution is 2.22. The number of ketones is 1. The summed E-state index contributed by atoms with van der Waals surface area (Å²) in [5, 5.41) is 0. The van der Waals surface area contributed by atoms with Crippen LogP contribution in [0.3, 0.4) is 0 Å². The van der Waals surface area contributed by atoms with Gasteiger partial charge in [0, 0.05) is 0 Å². The Hall–Kier alpha value is -1.37. The second-order valence-electron chi connectivity index (χ2n) is 3.70. The maximum Gasteiger partial charge on any atom is 0.152 e. The fourth-order valence-corrected chi connectivity index (χ4v) is 1.81. The van der Waals surface area contributed by atoms with Crippen LogP contribution in [0, 0.1) is 13.8 Å². The molecule has 0 fully saturated rings. The first kappa shape index (κ1) is 10.7. The topological polar surface area (TPSA) is 17.1 Å². The average Bonchev–Trinajstić information content (AvgIpc) is 2.01. The molecule has 1 rings (SSSR count). The highest BCUT2D eigenvalue weighted by Gasteiger charge is 2.04. The van der Waals surface area contributed by atoms with Crippen molar-refractivity contribution in [3.8, 4) is 0 Å². The van der Waals surface area contributed by atoms with E-state index in [2.05, 4.69) is 26.0 Å². The minimum Gasteiger partial charge on any atom is -0.295 e. The fraction of sp³-hybridized carbons (Fsp3) is 0.308. The lowest BCUT2D eigenvalue weighted by molar-refractivity contribution is -0.112. The number of rotatable bonds is 2. The number of allylic oxidation sites excluding steroid dienone is 2. The Labute approximate surface area is 85.5 Å². The fourth-order valence-electron chi connectivity index (χ4n) is 1.81. The van der Waals surface area contributed by atoms with E-state index >= 15 is 0 Å². The van der Waals surface area contributed by atoms with Crippen molar-refractivity contribution in [2.24, 2.45) is 0 Å². The monoisotopic (exact) mass is 188 g/mol. The first-order valence-electron chi connectivity index (χ1n) is 4.78. The van der Waals surface area contributed by atoms with Gasteiger partial charge in [0.15, 0.2) is 5.78 Å². The van der Waals surface area contributed by atoms with Crippen LogP contribution in [0.2, 0.25) is 0 Å². The van der Waals surface area contributed by atoms with Crippen molar-refractivity contribution >= 4 is 11.4 Å². The summed E-state index contributed by atoms with van der Waals surface area (Å²) in [5.41, 5.74) is 4.69. The normalized spacial score (nSPS) is 11.6. The Morgan fingerprint density at radius 2 is 1.64 bits per heavy atom. The van der Waals surface area contributed by atoms with Crippen molar-refractivity contribution in [3.05, 3.63) is 41.0 Å². The van der Waals surface area contributed by atoms with E-state index in [1.807, 2.05) is 13.0 Å². The van der Waals surface area contributed by atoms with Gasteiger partial charge in [-0.2, -0.15) is 0 Å². The Morgan fingerprint density at radius 1 is 1.14 bits per heavy atom. The largest absolute Gasteiger partial charge is 0.295 e. The van der Waals surface area contributed by atoms with E-state index in [9.17, 15) is 4.79 Å². The number of carbonyl (C=O) groups is 1. The molecule has 0 radical (unpaired) electrons. The lowest BCUT2D eigenvalue weighted by atomic mass is 9.96. The molecule has 0 saturated carbocycles. The molecular formula is C13H16O. The van der Waals surface area contributed by atoms with E-state index in [-0.39, 0.29) is 5.78 Å². The van der Waals surface area contributed by atoms with Gasteiger partial charge in [0.1, 0.15) is 0 Å². The van der Waals surface area contributed by atoms with Crippen LogP contribution in [0.4, 0.5) is 0 Å². The maximum absolute atomic E-state index is 11.0. The van der Waals surface area contributed by atoms with E-state index in [0.29, 0.717) is 0 Å². The predicted molar refractivity (Wildman–Crippen MR) is 60.2 cm³/mol. The standard InChI is InChI=1S/C13H16O/c1-9-6-5-7-10(2)13(9)11(3)8-12(4)14/h5-8H,1-4H3/b11-8+. The van der Waals surface area contributed by atoms with Crippen LogP contribution in [0.25, 0.3) is 5.57 Å². The van der Waals surface area contributed by atoms with Gasteiger partial charge in [-0.3, -0.25) is 4.79 Å². The molecule has 1 nitrogen and oxygen atoms in total. The van der Waals surface area contributed by atoms with Gasteiger partial charge in [-0.25, -0.2) is 0 Å². The van der Waals surface area contributed by atoms with Gasteiger partial charge in [0.2, 0.25) is 0 Å². The molecule has 14 heavy (non-hydrogen) atoms. The molecule has 0 unspecified atom stereocenters. The van der Waals surface area contributed by atoms with Crippen molar-refractivity contribution in [1.29, 1.82) is 0 Å². The van der Waals surface area contributed by atoms with Crippen LogP contribution in [0.5, 0.6) is 0 Å². The van der Waals surface area contributed by atoms with E-state index < -0.39 is 0 Å². The Kier molecular flexibility index (Phi) is 3.23. The molecule has 0 N–H and O–H groups in total. The van der Waals surface area contributed by atoms with Crippen LogP contribution < -0.4 is 0 Å². The van der Waals surface area contributed by atoms with Crippen LogP contribution in [-0.2, 0) is 4.79 Å². The highest BCUT2D eigenvalue weighted by atomic mass is 16.1. The Bertz CT molecular complexity index is 366. The van der Waals surface area contributed by atoms with Crippen molar-refractivity contribution in [3.63, 3.8) is 0 Å². The molecule has 0 saturated heterocycles. The SMILES string of the molecule is CC(=O)/C=C(\C)c1c(C)cccc1C. The Balaban J connectivity index is 3.25. The van der Waals surface area contributed by atoms with Gasteiger partial charge in [-0.1, -0.05) is 18.2 Å². The summed E-state index contributed by atoms with van der Waals surface area (Å²) in [6.45, 7) is 7.70. The third-order valence-corrected chi connectivity index (χ3v) is 2.30. The molecule has 0 amide bonds. The van der Waals surface area contributed by atoms with Crippen molar-refractivity contribution in [1.82, 2.24) is 0 Å². The quantitative estimate of drug-likeness (QED) is 0.651. The first-order chi connectivity index (χ1) is 6.52. The third kappa shape index (κ3) is 2.32. The number of hydrogen-bond donors (Lipinski definition) is 0. The van der Waals surface area contributed by atoms with E-state index in [1.165, 1.54) is 16.7 Å². The molecule has 0 heterocycles. The van der Waals surface area contributed by atoms with Gasteiger partial charge in [-0.15, -0.1) is 0 Å². The van der Waals surface area contributed by atoms with Gasteiger partial charge in [0.25, 0.3) is 0 Å². The molecule has 1 aromatic carbocycles. The summed E-state index contributed by atoms with van der Waals surface area (Å²) in [6.07, 6.45) is 1.69. The number of carbonyl (C=O) groups excluding carboxylic acids is 1. The van der Waals surface area contributed by atoms with Crippen molar-refractivity contribution in [2.75, 3.05) is 0 Å². The molecule has 0 aliphatic carbocycles. The molecule has 0 bridgehead atoms. The first-order valence-corrected chi connectivity index (χ1v) is 4.78. The van der Waals surface area contributed by atoms with E-state index in [4.69, 9.17) is 0 Å². The molecule has 74 valence electrons. The zero-order valence-electron chi connectivity index (χ0n) is 9.22. The van der Waals surface area contributed by atoms with Crippen LogP contribution >= 0.6 is 0 Å². The maximum atomic E-state index is 11.0. The summed E-state index contributed by atoms with van der Waals surface area (Å²) >= 11 is 0. The summed E-state index contributed by atoms with van der Waals surface area (Å²) in [6, 6.07) is 6.18. The zero-order valence-corrected chi connectivity index (χ0v) is 9.22. The highest BCUT2D eigenvalue weighted by molar-refractivity contribution is 5.95. The molecule has 0 atom stereocenters. The molecule has 0 aromatic heterocycles.